The van der Waals surface area contributed by atoms with Crippen molar-refractivity contribution in [2.45, 2.75) is 12.4 Å². The Morgan fingerprint density at radius 1 is 1.38 bits per heavy atom. The molecular weight excluding hydrogens is 227 g/mol. The van der Waals surface area contributed by atoms with Gasteiger partial charge in [-0.2, -0.15) is 0 Å². The number of phenolic OH excluding ortho intramolecular Hbond substituents is 1. The highest BCUT2D eigenvalue weighted by Crippen LogP contribution is 2.30. The van der Waals surface area contributed by atoms with Crippen molar-refractivity contribution in [3.63, 3.8) is 0 Å². The smallest absolute Gasteiger partial charge is 0.508 e. The van der Waals surface area contributed by atoms with Gasteiger partial charge in [-0.1, -0.05) is 0 Å². The van der Waals surface area contributed by atoms with Gasteiger partial charge >= 0.3 is 6.36 Å². The molecule has 0 unspecified atom stereocenters. The molecule has 0 saturated carbocycles. The van der Waals surface area contributed by atoms with E-state index in [-0.39, 0.29) is 11.3 Å². The molecule has 0 aliphatic heterocycles. The predicted molar refractivity (Wildman–Crippen MR) is 48.8 cm³/mol. The fourth-order valence-corrected chi connectivity index (χ4v) is 1.13. The number of ether oxygens (including phenoxy) is 1. The Morgan fingerprint density at radius 3 is 2.50 bits per heavy atom. The molecule has 1 atom stereocenters. The number of halogens is 3. The van der Waals surface area contributed by atoms with E-state index >= 15 is 0 Å². The average molecular weight is 237 g/mol. The van der Waals surface area contributed by atoms with Crippen molar-refractivity contribution >= 4 is 0 Å². The molecule has 0 aliphatic rings. The zero-order valence-electron chi connectivity index (χ0n) is 8.03. The Hall–Kier alpha value is -1.47. The van der Waals surface area contributed by atoms with Gasteiger partial charge in [-0.05, 0) is 18.2 Å². The Balaban J connectivity index is 2.98. The summed E-state index contributed by atoms with van der Waals surface area (Å²) < 4.78 is 39.3. The molecule has 0 amide bonds. The lowest BCUT2D eigenvalue weighted by Crippen LogP contribution is -2.18. The number of aliphatic hydroxyl groups excluding tert-OH is 1. The van der Waals surface area contributed by atoms with E-state index < -0.39 is 24.8 Å². The minimum Gasteiger partial charge on any atom is -0.508 e. The second-order valence-corrected chi connectivity index (χ2v) is 3.06. The van der Waals surface area contributed by atoms with E-state index in [0.717, 1.165) is 18.2 Å². The van der Waals surface area contributed by atoms with Crippen LogP contribution in [0.3, 0.4) is 0 Å². The number of rotatable bonds is 3. The molecule has 0 aromatic heterocycles. The van der Waals surface area contributed by atoms with Gasteiger partial charge in [0.15, 0.2) is 0 Å². The van der Waals surface area contributed by atoms with E-state index in [1.165, 1.54) is 0 Å². The summed E-state index contributed by atoms with van der Waals surface area (Å²) in [5.74, 6) is -0.791. The Bertz CT molecular complexity index is 368. The number of hydrogen-bond acceptors (Lipinski definition) is 4. The second kappa shape index (κ2) is 4.58. The van der Waals surface area contributed by atoms with Crippen LogP contribution in [0.2, 0.25) is 0 Å². The third-order valence-corrected chi connectivity index (χ3v) is 1.83. The maximum Gasteiger partial charge on any atom is 0.573 e. The van der Waals surface area contributed by atoms with Gasteiger partial charge in [0.05, 0.1) is 12.6 Å². The molecule has 0 saturated heterocycles. The number of nitrogens with two attached hydrogens (primary N) is 1. The molecule has 0 heterocycles. The molecule has 0 spiro atoms. The Morgan fingerprint density at radius 2 is 2.00 bits per heavy atom. The number of aliphatic hydroxyl groups is 1. The van der Waals surface area contributed by atoms with Gasteiger partial charge in [-0.25, -0.2) is 0 Å². The van der Waals surface area contributed by atoms with Gasteiger partial charge in [0.25, 0.3) is 0 Å². The SMILES string of the molecule is N[C@H](CO)c1cc(OC(F)(F)F)ccc1O. The van der Waals surface area contributed by atoms with Crippen LogP contribution >= 0.6 is 0 Å². The van der Waals surface area contributed by atoms with Crippen molar-refractivity contribution in [3.8, 4) is 11.5 Å². The van der Waals surface area contributed by atoms with Crippen molar-refractivity contribution in [1.82, 2.24) is 0 Å². The summed E-state index contributed by atoms with van der Waals surface area (Å²) in [6, 6.07) is 1.95. The molecule has 0 aliphatic carbocycles. The number of phenols is 1. The lowest BCUT2D eigenvalue weighted by molar-refractivity contribution is -0.274. The normalized spacial score (nSPS) is 13.6. The molecule has 1 aromatic rings. The van der Waals surface area contributed by atoms with Crippen molar-refractivity contribution in [3.05, 3.63) is 23.8 Å². The van der Waals surface area contributed by atoms with Gasteiger partial charge < -0.3 is 20.7 Å². The van der Waals surface area contributed by atoms with E-state index in [9.17, 15) is 18.3 Å². The van der Waals surface area contributed by atoms with Crippen LogP contribution < -0.4 is 10.5 Å². The third kappa shape index (κ3) is 3.28. The summed E-state index contributed by atoms with van der Waals surface area (Å²) >= 11 is 0. The van der Waals surface area contributed by atoms with E-state index in [1.54, 1.807) is 0 Å². The summed E-state index contributed by atoms with van der Waals surface area (Å²) in [5.41, 5.74) is 5.37. The molecule has 0 radical (unpaired) electrons. The zero-order valence-corrected chi connectivity index (χ0v) is 8.03. The van der Waals surface area contributed by atoms with Crippen molar-refractivity contribution < 1.29 is 28.1 Å². The summed E-state index contributed by atoms with van der Waals surface area (Å²) in [5, 5.41) is 18.0. The Kier molecular flexibility index (Phi) is 3.61. The van der Waals surface area contributed by atoms with Crippen LogP contribution in [0.25, 0.3) is 0 Å². The molecule has 1 rings (SSSR count). The molecular formula is C9H10F3NO3. The van der Waals surface area contributed by atoms with Gasteiger partial charge in [0.1, 0.15) is 11.5 Å². The van der Waals surface area contributed by atoms with Crippen LogP contribution in [-0.2, 0) is 0 Å². The van der Waals surface area contributed by atoms with Crippen LogP contribution in [0, 0.1) is 0 Å². The topological polar surface area (TPSA) is 75.7 Å². The first-order chi connectivity index (χ1) is 7.33. The highest BCUT2D eigenvalue weighted by Gasteiger charge is 2.31. The standard InChI is InChI=1S/C9H10F3NO3/c10-9(11,12)16-5-1-2-8(15)6(3-5)7(13)4-14/h1-3,7,14-15H,4,13H2/t7-/m1/s1. The fourth-order valence-electron chi connectivity index (χ4n) is 1.13. The highest BCUT2D eigenvalue weighted by molar-refractivity contribution is 5.41. The van der Waals surface area contributed by atoms with Crippen molar-refractivity contribution in [1.29, 1.82) is 0 Å². The lowest BCUT2D eigenvalue weighted by atomic mass is 10.1. The molecule has 4 N–H and O–H groups in total. The molecule has 90 valence electrons. The molecule has 1 aromatic carbocycles. The number of benzene rings is 1. The quantitative estimate of drug-likeness (QED) is 0.740. The molecule has 0 bridgehead atoms. The number of aromatic hydroxyl groups is 1. The predicted octanol–water partition coefficient (Wildman–Crippen LogP) is 1.28. The molecule has 16 heavy (non-hydrogen) atoms. The van der Waals surface area contributed by atoms with E-state index in [2.05, 4.69) is 4.74 Å². The first-order valence-corrected chi connectivity index (χ1v) is 4.28. The summed E-state index contributed by atoms with van der Waals surface area (Å²) in [7, 11) is 0. The minimum absolute atomic E-state index is 0.00995. The van der Waals surface area contributed by atoms with E-state index in [4.69, 9.17) is 10.8 Å². The van der Waals surface area contributed by atoms with Crippen LogP contribution in [-0.4, -0.2) is 23.2 Å². The summed E-state index contributed by atoms with van der Waals surface area (Å²) in [6.45, 7) is -0.497. The summed E-state index contributed by atoms with van der Waals surface area (Å²) in [6.07, 6.45) is -4.81. The minimum atomic E-state index is -4.81. The van der Waals surface area contributed by atoms with Gasteiger partial charge in [-0.15, -0.1) is 13.2 Å². The average Bonchev–Trinajstić information content (AvgIpc) is 2.18. The second-order valence-electron chi connectivity index (χ2n) is 3.06. The van der Waals surface area contributed by atoms with Crippen LogP contribution in [0.1, 0.15) is 11.6 Å². The van der Waals surface area contributed by atoms with E-state index in [1.807, 2.05) is 0 Å². The third-order valence-electron chi connectivity index (χ3n) is 1.83. The van der Waals surface area contributed by atoms with Crippen molar-refractivity contribution in [2.24, 2.45) is 5.73 Å². The van der Waals surface area contributed by atoms with Gasteiger partial charge in [-0.3, -0.25) is 0 Å². The molecule has 0 fully saturated rings. The molecule has 4 nitrogen and oxygen atoms in total. The zero-order chi connectivity index (χ0) is 12.3. The van der Waals surface area contributed by atoms with Crippen LogP contribution in [0.5, 0.6) is 11.5 Å². The number of alkyl halides is 3. The first kappa shape index (κ1) is 12.6. The fraction of sp³-hybridized carbons (Fsp3) is 0.333. The molecule has 7 heteroatoms. The van der Waals surface area contributed by atoms with Crippen LogP contribution in [0.15, 0.2) is 18.2 Å². The number of hydrogen-bond donors (Lipinski definition) is 3. The van der Waals surface area contributed by atoms with Gasteiger partial charge in [0, 0.05) is 5.56 Å². The monoisotopic (exact) mass is 237 g/mol. The van der Waals surface area contributed by atoms with Crippen LogP contribution in [0.4, 0.5) is 13.2 Å². The van der Waals surface area contributed by atoms with E-state index in [0.29, 0.717) is 0 Å². The lowest BCUT2D eigenvalue weighted by Gasteiger charge is -2.14. The largest absolute Gasteiger partial charge is 0.573 e. The maximum atomic E-state index is 11.9. The van der Waals surface area contributed by atoms with Crippen molar-refractivity contribution in [2.75, 3.05) is 6.61 Å². The van der Waals surface area contributed by atoms with Gasteiger partial charge in [0.2, 0.25) is 0 Å². The maximum absolute atomic E-state index is 11.9. The first-order valence-electron chi connectivity index (χ1n) is 4.28. The summed E-state index contributed by atoms with van der Waals surface area (Å²) in [4.78, 5) is 0. The highest BCUT2D eigenvalue weighted by atomic mass is 19.4. The Labute approximate surface area is 89.1 Å².